The predicted molar refractivity (Wildman–Crippen MR) is 115 cm³/mol. The van der Waals surface area contributed by atoms with Crippen LogP contribution < -0.4 is 10.6 Å². The molecule has 0 N–H and O–H groups in total. The van der Waals surface area contributed by atoms with Gasteiger partial charge in [-0.1, -0.05) is 59.9 Å². The van der Waals surface area contributed by atoms with E-state index in [1.165, 1.54) is 49.1 Å². The van der Waals surface area contributed by atoms with E-state index in [4.69, 9.17) is 0 Å². The van der Waals surface area contributed by atoms with Crippen molar-refractivity contribution in [2.75, 3.05) is 0 Å². The van der Waals surface area contributed by atoms with Gasteiger partial charge in [0.1, 0.15) is 7.14 Å². The van der Waals surface area contributed by atoms with Crippen molar-refractivity contribution in [1.82, 2.24) is 0 Å². The lowest BCUT2D eigenvalue weighted by atomic mass is 10.1. The monoisotopic (exact) mass is 378 g/mol. The van der Waals surface area contributed by atoms with Crippen molar-refractivity contribution in [3.05, 3.63) is 24.3 Å². The highest BCUT2D eigenvalue weighted by molar-refractivity contribution is 7.77. The summed E-state index contributed by atoms with van der Waals surface area (Å²) in [6.07, 6.45) is 9.84. The zero-order valence-electron chi connectivity index (χ0n) is 16.6. The third kappa shape index (κ3) is 3.30. The van der Waals surface area contributed by atoms with Crippen molar-refractivity contribution in [1.29, 1.82) is 0 Å². The molecule has 2 fully saturated rings. The average Bonchev–Trinajstić information content (AvgIpc) is 3.22. The fourth-order valence-electron chi connectivity index (χ4n) is 5.54. The highest BCUT2D eigenvalue weighted by Gasteiger charge is 2.48. The van der Waals surface area contributed by atoms with Crippen LogP contribution in [-0.4, -0.2) is 22.6 Å². The molecule has 0 unspecified atom stereocenters. The maximum Gasteiger partial charge on any atom is 0.122 e. The summed E-state index contributed by atoms with van der Waals surface area (Å²) in [4.78, 5) is 0. The molecule has 0 bridgehead atoms. The third-order valence-electron chi connectivity index (χ3n) is 6.96. The van der Waals surface area contributed by atoms with Gasteiger partial charge in [0.05, 0.1) is 0 Å². The fraction of sp³-hybridized carbons (Fsp3) is 0.727. The molecule has 3 rings (SSSR count). The molecule has 0 radical (unpaired) electrons. The van der Waals surface area contributed by atoms with Crippen LogP contribution in [-0.2, 0) is 4.57 Å². The predicted octanol–water partition coefficient (Wildman–Crippen LogP) is 6.48. The molecule has 0 aromatic heterocycles. The Morgan fingerprint density at radius 3 is 1.84 bits per heavy atom. The number of hydrogen-bond acceptors (Lipinski definition) is 1. The van der Waals surface area contributed by atoms with Crippen LogP contribution in [0.1, 0.15) is 79.1 Å². The first-order valence-corrected chi connectivity index (χ1v) is 13.9. The van der Waals surface area contributed by atoms with Crippen molar-refractivity contribution in [3.8, 4) is 0 Å². The first-order valence-electron chi connectivity index (χ1n) is 10.6. The van der Waals surface area contributed by atoms with Gasteiger partial charge in [0.15, 0.2) is 0 Å². The molecule has 25 heavy (non-hydrogen) atoms. The van der Waals surface area contributed by atoms with Gasteiger partial charge >= 0.3 is 0 Å². The van der Waals surface area contributed by atoms with E-state index in [1.807, 2.05) is 0 Å². The minimum atomic E-state index is -2.29. The Bertz CT molecular complexity index is 598. The van der Waals surface area contributed by atoms with Crippen molar-refractivity contribution < 1.29 is 4.57 Å². The van der Waals surface area contributed by atoms with Crippen LogP contribution in [0, 0.1) is 0 Å². The van der Waals surface area contributed by atoms with Gasteiger partial charge in [0.25, 0.3) is 0 Å². The summed E-state index contributed by atoms with van der Waals surface area (Å²) in [6, 6.07) is 9.01. The molecule has 0 spiro atoms. The summed E-state index contributed by atoms with van der Waals surface area (Å²) in [7, 11) is -2.45. The van der Waals surface area contributed by atoms with Crippen LogP contribution in [0.25, 0.3) is 0 Å². The van der Waals surface area contributed by atoms with Crippen LogP contribution in [0.15, 0.2) is 24.3 Å². The summed E-state index contributed by atoms with van der Waals surface area (Å²) < 4.78 is 14.5. The second-order valence-electron chi connectivity index (χ2n) is 8.01. The molecule has 0 saturated carbocycles. The lowest BCUT2D eigenvalue weighted by Gasteiger charge is -2.32. The highest BCUT2D eigenvalue weighted by atomic mass is 31.2. The van der Waals surface area contributed by atoms with E-state index >= 15 is 0 Å². The Morgan fingerprint density at radius 1 is 0.840 bits per heavy atom. The second kappa shape index (κ2) is 8.27. The molecule has 2 heterocycles. The van der Waals surface area contributed by atoms with Crippen molar-refractivity contribution >= 4 is 25.7 Å². The van der Waals surface area contributed by atoms with Crippen molar-refractivity contribution in [3.63, 3.8) is 0 Å². The molecule has 4 atom stereocenters. The van der Waals surface area contributed by atoms with Gasteiger partial charge in [0.2, 0.25) is 0 Å². The summed E-state index contributed by atoms with van der Waals surface area (Å²) in [5, 5.41) is 2.85. The Morgan fingerprint density at radius 2 is 1.36 bits per heavy atom. The maximum absolute atomic E-state index is 14.5. The molecule has 1 nitrogen and oxygen atoms in total. The van der Waals surface area contributed by atoms with Gasteiger partial charge in [-0.15, -0.1) is 0 Å². The Balaban J connectivity index is 2.11. The molecule has 140 valence electrons. The van der Waals surface area contributed by atoms with Crippen LogP contribution in [0.3, 0.4) is 0 Å². The van der Waals surface area contributed by atoms with Crippen LogP contribution >= 0.6 is 15.1 Å². The number of benzene rings is 1. The van der Waals surface area contributed by atoms with Gasteiger partial charge < -0.3 is 4.57 Å². The van der Waals surface area contributed by atoms with Crippen LogP contribution in [0.2, 0.25) is 0 Å². The molecule has 2 aliphatic rings. The summed E-state index contributed by atoms with van der Waals surface area (Å²) in [5.41, 5.74) is 2.54. The number of hydrogen-bond donors (Lipinski definition) is 0. The molecule has 3 heteroatoms. The van der Waals surface area contributed by atoms with E-state index in [1.54, 1.807) is 0 Å². The van der Waals surface area contributed by atoms with Crippen LogP contribution in [0.5, 0.6) is 0 Å². The molecule has 1 aromatic carbocycles. The Kier molecular flexibility index (Phi) is 6.50. The van der Waals surface area contributed by atoms with Gasteiger partial charge in [-0.2, -0.15) is 0 Å². The minimum Gasteiger partial charge on any atom is -0.318 e. The Hall–Kier alpha value is -0.120. The minimum absolute atomic E-state index is 0.156. The van der Waals surface area contributed by atoms with E-state index in [0.29, 0.717) is 11.3 Å². The number of rotatable bonds is 6. The zero-order valence-corrected chi connectivity index (χ0v) is 18.4. The van der Waals surface area contributed by atoms with E-state index < -0.39 is 7.14 Å². The summed E-state index contributed by atoms with van der Waals surface area (Å²) in [6.45, 7) is 9.23. The van der Waals surface area contributed by atoms with E-state index in [2.05, 4.69) is 52.0 Å². The molecule has 0 amide bonds. The summed E-state index contributed by atoms with van der Waals surface area (Å²) in [5.74, 6) is 0. The topological polar surface area (TPSA) is 17.1 Å². The van der Waals surface area contributed by atoms with Crippen molar-refractivity contribution in [2.45, 2.75) is 102 Å². The summed E-state index contributed by atoms with van der Waals surface area (Å²) >= 11 is 0. The lowest BCUT2D eigenvalue weighted by molar-refractivity contribution is 0.569. The van der Waals surface area contributed by atoms with Gasteiger partial charge in [-0.3, -0.25) is 0 Å². The largest absolute Gasteiger partial charge is 0.318 e. The third-order valence-corrected chi connectivity index (χ3v) is 15.5. The van der Waals surface area contributed by atoms with Gasteiger partial charge in [0, 0.05) is 16.6 Å². The van der Waals surface area contributed by atoms with Crippen molar-refractivity contribution in [2.24, 2.45) is 0 Å². The molecule has 0 aliphatic carbocycles. The Labute approximate surface area is 156 Å². The van der Waals surface area contributed by atoms with E-state index in [-0.39, 0.29) is 7.92 Å². The molecular formula is C22H36OP2. The van der Waals surface area contributed by atoms with Gasteiger partial charge in [-0.25, -0.2) is 0 Å². The van der Waals surface area contributed by atoms with Gasteiger partial charge in [-0.05, 0) is 68.0 Å². The average molecular weight is 378 g/mol. The SMILES string of the molecule is CC[C@H]1CC[C@H](CC)P1c1ccccc1P1(=O)[C@H](CC)CC[C@H]1CC. The normalized spacial score (nSPS) is 32.3. The first-order chi connectivity index (χ1) is 12.1. The molecule has 1 aromatic rings. The molecule has 2 aliphatic heterocycles. The first kappa shape index (κ1) is 19.6. The van der Waals surface area contributed by atoms with Crippen LogP contribution in [0.4, 0.5) is 0 Å². The molecular weight excluding hydrogens is 342 g/mol. The standard InChI is InChI=1S/C22H36OP2/c1-5-17-13-14-18(6-2)24(17)21-11-9-10-12-22(21)25(23)19(7-3)15-16-20(25)8-4/h9-12,17-20H,5-8,13-16H2,1-4H3/t17-,18-,19+,20+/m0/s1. The maximum atomic E-state index is 14.5. The zero-order chi connectivity index (χ0) is 18.0. The van der Waals surface area contributed by atoms with E-state index in [0.717, 1.165) is 24.2 Å². The fourth-order valence-corrected chi connectivity index (χ4v) is 14.3. The lowest BCUT2D eigenvalue weighted by Crippen LogP contribution is -2.32. The molecule has 2 saturated heterocycles. The smallest absolute Gasteiger partial charge is 0.122 e. The second-order valence-corrected chi connectivity index (χ2v) is 14.1. The quantitative estimate of drug-likeness (QED) is 0.518. The van der Waals surface area contributed by atoms with E-state index in [9.17, 15) is 4.57 Å². The highest BCUT2D eigenvalue weighted by Crippen LogP contribution is 2.66.